The lowest BCUT2D eigenvalue weighted by molar-refractivity contribution is -0.121. The molecule has 7 nitrogen and oxygen atoms in total. The maximum Gasteiger partial charge on any atom is 0.321 e. The van der Waals surface area contributed by atoms with Crippen molar-refractivity contribution in [1.82, 2.24) is 10.2 Å². The van der Waals surface area contributed by atoms with Crippen LogP contribution in [0.15, 0.2) is 18.2 Å². The van der Waals surface area contributed by atoms with E-state index >= 15 is 0 Å². The largest absolute Gasteiger partial charge is 0.368 e. The molecule has 0 bridgehead atoms. The van der Waals surface area contributed by atoms with Gasteiger partial charge in [0, 0.05) is 25.2 Å². The van der Waals surface area contributed by atoms with Crippen LogP contribution < -0.4 is 16.0 Å². The SMILES string of the molecule is NC(=O)[C@@H]1C[C@@H](F)CN1C(=O)c1cc(N2CCNC2=O)ccc1F. The van der Waals surface area contributed by atoms with Gasteiger partial charge in [0.25, 0.3) is 5.91 Å². The summed E-state index contributed by atoms with van der Waals surface area (Å²) in [5, 5.41) is 2.60. The number of anilines is 1. The van der Waals surface area contributed by atoms with Gasteiger partial charge in [-0.1, -0.05) is 0 Å². The summed E-state index contributed by atoms with van der Waals surface area (Å²) in [6, 6.07) is 2.22. The number of urea groups is 1. The van der Waals surface area contributed by atoms with Crippen LogP contribution in [-0.4, -0.2) is 54.6 Å². The Bertz CT molecular complexity index is 712. The molecule has 4 amide bonds. The molecule has 2 aliphatic rings. The Labute approximate surface area is 136 Å². The monoisotopic (exact) mass is 338 g/mol. The number of likely N-dealkylation sites (tertiary alicyclic amines) is 1. The third kappa shape index (κ3) is 2.77. The highest BCUT2D eigenvalue weighted by atomic mass is 19.1. The van der Waals surface area contributed by atoms with Gasteiger partial charge in [-0.15, -0.1) is 0 Å². The number of alkyl halides is 1. The normalized spacial score (nSPS) is 23.5. The van der Waals surface area contributed by atoms with Crippen LogP contribution in [0.25, 0.3) is 0 Å². The number of carbonyl (C=O) groups excluding carboxylic acids is 3. The fourth-order valence-electron chi connectivity index (χ4n) is 3.00. The van der Waals surface area contributed by atoms with Crippen molar-refractivity contribution in [1.29, 1.82) is 0 Å². The van der Waals surface area contributed by atoms with Gasteiger partial charge in [-0.25, -0.2) is 13.6 Å². The predicted molar refractivity (Wildman–Crippen MR) is 80.7 cm³/mol. The van der Waals surface area contributed by atoms with Crippen molar-refractivity contribution in [2.45, 2.75) is 18.6 Å². The second-order valence-electron chi connectivity index (χ2n) is 5.76. The van der Waals surface area contributed by atoms with E-state index in [0.717, 1.165) is 11.0 Å². The lowest BCUT2D eigenvalue weighted by atomic mass is 10.1. The molecule has 128 valence electrons. The summed E-state index contributed by atoms with van der Waals surface area (Å²) >= 11 is 0. The molecule has 2 aliphatic heterocycles. The van der Waals surface area contributed by atoms with Gasteiger partial charge in [0.05, 0.1) is 12.1 Å². The topological polar surface area (TPSA) is 95.7 Å². The number of rotatable bonds is 3. The van der Waals surface area contributed by atoms with Crippen LogP contribution in [0.1, 0.15) is 16.8 Å². The summed E-state index contributed by atoms with van der Waals surface area (Å²) in [5.74, 6) is -2.47. The van der Waals surface area contributed by atoms with Crippen molar-refractivity contribution < 1.29 is 23.2 Å². The van der Waals surface area contributed by atoms with Crippen molar-refractivity contribution in [2.24, 2.45) is 5.73 Å². The zero-order chi connectivity index (χ0) is 17.4. The van der Waals surface area contributed by atoms with E-state index in [1.54, 1.807) is 0 Å². The Morgan fingerprint density at radius 2 is 2.08 bits per heavy atom. The van der Waals surface area contributed by atoms with Gasteiger partial charge < -0.3 is 16.0 Å². The molecule has 1 aromatic rings. The molecule has 0 unspecified atom stereocenters. The Morgan fingerprint density at radius 1 is 1.33 bits per heavy atom. The molecule has 2 fully saturated rings. The fourth-order valence-corrected chi connectivity index (χ4v) is 3.00. The van der Waals surface area contributed by atoms with E-state index in [1.165, 1.54) is 17.0 Å². The predicted octanol–water partition coefficient (Wildman–Crippen LogP) is 0.393. The first-order chi connectivity index (χ1) is 11.4. The van der Waals surface area contributed by atoms with Crippen LogP contribution >= 0.6 is 0 Å². The van der Waals surface area contributed by atoms with Gasteiger partial charge in [-0.05, 0) is 18.2 Å². The number of nitrogens with one attached hydrogen (secondary N) is 1. The molecule has 3 rings (SSSR count). The molecule has 1 aromatic carbocycles. The molecule has 3 N–H and O–H groups in total. The molecule has 0 radical (unpaired) electrons. The minimum Gasteiger partial charge on any atom is -0.368 e. The highest BCUT2D eigenvalue weighted by Crippen LogP contribution is 2.26. The van der Waals surface area contributed by atoms with Crippen molar-refractivity contribution in [3.8, 4) is 0 Å². The van der Waals surface area contributed by atoms with E-state index in [4.69, 9.17) is 5.73 Å². The number of carbonyl (C=O) groups is 3. The summed E-state index contributed by atoms with van der Waals surface area (Å²) in [4.78, 5) is 38.0. The molecule has 2 heterocycles. The summed E-state index contributed by atoms with van der Waals surface area (Å²) in [5.41, 5.74) is 5.22. The third-order valence-electron chi connectivity index (χ3n) is 4.19. The van der Waals surface area contributed by atoms with E-state index in [-0.39, 0.29) is 24.6 Å². The number of benzene rings is 1. The number of nitrogens with two attached hydrogens (primary N) is 1. The van der Waals surface area contributed by atoms with Gasteiger partial charge in [-0.3, -0.25) is 14.5 Å². The summed E-state index contributed by atoms with van der Waals surface area (Å²) in [7, 11) is 0. The lowest BCUT2D eigenvalue weighted by Crippen LogP contribution is -2.44. The fraction of sp³-hybridized carbons (Fsp3) is 0.400. The minimum atomic E-state index is -1.39. The van der Waals surface area contributed by atoms with E-state index in [0.29, 0.717) is 18.8 Å². The molecular weight excluding hydrogens is 322 g/mol. The van der Waals surface area contributed by atoms with Crippen molar-refractivity contribution in [3.63, 3.8) is 0 Å². The Morgan fingerprint density at radius 3 is 2.71 bits per heavy atom. The van der Waals surface area contributed by atoms with Crippen molar-refractivity contribution in [3.05, 3.63) is 29.6 Å². The summed E-state index contributed by atoms with van der Waals surface area (Å²) in [6.07, 6.45) is -1.58. The zero-order valence-electron chi connectivity index (χ0n) is 12.7. The van der Waals surface area contributed by atoms with Crippen LogP contribution in [0.4, 0.5) is 19.3 Å². The molecular formula is C15H16F2N4O3. The van der Waals surface area contributed by atoms with Crippen LogP contribution in [0.3, 0.4) is 0 Å². The molecule has 2 atom stereocenters. The number of hydrogen-bond acceptors (Lipinski definition) is 3. The van der Waals surface area contributed by atoms with E-state index in [9.17, 15) is 23.2 Å². The van der Waals surface area contributed by atoms with Crippen LogP contribution in [-0.2, 0) is 4.79 Å². The number of primary amides is 1. The maximum absolute atomic E-state index is 14.1. The molecule has 0 saturated carbocycles. The molecule has 0 spiro atoms. The summed E-state index contributed by atoms with van der Waals surface area (Å²) in [6.45, 7) is 0.511. The zero-order valence-corrected chi connectivity index (χ0v) is 12.7. The van der Waals surface area contributed by atoms with E-state index < -0.39 is 29.8 Å². The molecule has 0 aliphatic carbocycles. The van der Waals surface area contributed by atoms with Gasteiger partial charge in [-0.2, -0.15) is 0 Å². The van der Waals surface area contributed by atoms with Gasteiger partial charge in [0.2, 0.25) is 5.91 Å². The lowest BCUT2D eigenvalue weighted by Gasteiger charge is -2.23. The standard InChI is InChI=1S/C15H16F2N4O3/c16-8-5-12(13(18)22)21(7-8)14(23)10-6-9(1-2-11(10)17)20-4-3-19-15(20)24/h1-2,6,8,12H,3-5,7H2,(H2,18,22)(H,19,24)/t8-,12+/m1/s1. The number of halogens is 2. The van der Waals surface area contributed by atoms with Crippen molar-refractivity contribution in [2.75, 3.05) is 24.5 Å². The first-order valence-corrected chi connectivity index (χ1v) is 7.47. The van der Waals surface area contributed by atoms with Crippen LogP contribution in [0.5, 0.6) is 0 Å². The van der Waals surface area contributed by atoms with E-state index in [1.807, 2.05) is 0 Å². The summed E-state index contributed by atoms with van der Waals surface area (Å²) < 4.78 is 27.7. The maximum atomic E-state index is 14.1. The molecule has 0 aromatic heterocycles. The number of amides is 4. The van der Waals surface area contributed by atoms with Crippen molar-refractivity contribution >= 4 is 23.5 Å². The average molecular weight is 338 g/mol. The highest BCUT2D eigenvalue weighted by molar-refractivity contribution is 6.00. The Balaban J connectivity index is 1.92. The second kappa shape index (κ2) is 6.06. The number of hydrogen-bond donors (Lipinski definition) is 2. The van der Waals surface area contributed by atoms with Gasteiger partial charge >= 0.3 is 6.03 Å². The minimum absolute atomic E-state index is 0.198. The first kappa shape index (κ1) is 16.2. The van der Waals surface area contributed by atoms with E-state index in [2.05, 4.69) is 5.32 Å². The first-order valence-electron chi connectivity index (χ1n) is 7.47. The highest BCUT2D eigenvalue weighted by Gasteiger charge is 2.40. The molecule has 24 heavy (non-hydrogen) atoms. The Kier molecular flexibility index (Phi) is 4.08. The molecule has 2 saturated heterocycles. The van der Waals surface area contributed by atoms with Crippen LogP contribution in [0.2, 0.25) is 0 Å². The third-order valence-corrected chi connectivity index (χ3v) is 4.19. The van der Waals surface area contributed by atoms with Gasteiger partial charge in [0.15, 0.2) is 0 Å². The quantitative estimate of drug-likeness (QED) is 0.835. The average Bonchev–Trinajstić information content (AvgIpc) is 3.13. The Hall–Kier alpha value is -2.71. The smallest absolute Gasteiger partial charge is 0.321 e. The molecule has 9 heteroatoms. The van der Waals surface area contributed by atoms with Gasteiger partial charge in [0.1, 0.15) is 18.0 Å². The van der Waals surface area contributed by atoms with Crippen LogP contribution in [0, 0.1) is 5.82 Å². The number of nitrogens with zero attached hydrogens (tertiary/aromatic N) is 2. The second-order valence-corrected chi connectivity index (χ2v) is 5.76.